The van der Waals surface area contributed by atoms with Crippen LogP contribution in [-0.4, -0.2) is 35.8 Å². The molecular formula is C13H20N2O4. The fourth-order valence-electron chi connectivity index (χ4n) is 1.60. The number of nitrogens with zero attached hydrogens (tertiary/aromatic N) is 2. The maximum Gasteiger partial charge on any atom is 0.311 e. The lowest BCUT2D eigenvalue weighted by Crippen LogP contribution is -2.31. The van der Waals surface area contributed by atoms with Crippen molar-refractivity contribution in [3.8, 4) is 5.75 Å². The summed E-state index contributed by atoms with van der Waals surface area (Å²) in [6.07, 6.45) is -0.144. The van der Waals surface area contributed by atoms with E-state index in [0.29, 0.717) is 0 Å². The molecule has 1 N–H and O–H groups in total. The molecule has 0 aliphatic heterocycles. The normalized spacial score (nSPS) is 12.3. The molecule has 19 heavy (non-hydrogen) atoms. The van der Waals surface area contributed by atoms with E-state index in [1.54, 1.807) is 12.1 Å². The fraction of sp³-hybridized carbons (Fsp3) is 0.538. The Labute approximate surface area is 112 Å². The molecule has 6 heteroatoms. The number of rotatable bonds is 6. The van der Waals surface area contributed by atoms with E-state index in [2.05, 4.69) is 0 Å². The van der Waals surface area contributed by atoms with Crippen LogP contribution in [0.4, 0.5) is 11.4 Å². The average molecular weight is 268 g/mol. The van der Waals surface area contributed by atoms with Gasteiger partial charge in [0.15, 0.2) is 5.75 Å². The molecule has 106 valence electrons. The van der Waals surface area contributed by atoms with Crippen LogP contribution in [0.3, 0.4) is 0 Å². The van der Waals surface area contributed by atoms with E-state index >= 15 is 0 Å². The molecule has 0 saturated carbocycles. The van der Waals surface area contributed by atoms with Crippen LogP contribution < -0.4 is 9.64 Å². The molecule has 0 saturated heterocycles. The number of hydrogen-bond donors (Lipinski definition) is 1. The van der Waals surface area contributed by atoms with Gasteiger partial charge in [-0.15, -0.1) is 0 Å². The highest BCUT2D eigenvalue weighted by Gasteiger charge is 2.19. The zero-order valence-electron chi connectivity index (χ0n) is 11.7. The van der Waals surface area contributed by atoms with Crippen LogP contribution in [0.25, 0.3) is 0 Å². The van der Waals surface area contributed by atoms with Crippen molar-refractivity contribution in [3.63, 3.8) is 0 Å². The number of nitro groups is 1. The van der Waals surface area contributed by atoms with E-state index < -0.39 is 4.92 Å². The number of ether oxygens (including phenoxy) is 1. The predicted octanol–water partition coefficient (Wildman–Crippen LogP) is 2.20. The quantitative estimate of drug-likeness (QED) is 0.632. The SMILES string of the molecule is CC(C)Oc1cc(N(C)C(C)CO)ccc1[N+](=O)[O-]. The summed E-state index contributed by atoms with van der Waals surface area (Å²) in [4.78, 5) is 12.3. The van der Waals surface area contributed by atoms with E-state index in [4.69, 9.17) is 9.84 Å². The number of nitro benzene ring substituents is 1. The van der Waals surface area contributed by atoms with Crippen molar-refractivity contribution in [2.45, 2.75) is 32.9 Å². The van der Waals surface area contributed by atoms with Crippen LogP contribution in [0.5, 0.6) is 5.75 Å². The largest absolute Gasteiger partial charge is 0.484 e. The maximum absolute atomic E-state index is 10.9. The fourth-order valence-corrected chi connectivity index (χ4v) is 1.60. The second-order valence-electron chi connectivity index (χ2n) is 4.72. The first-order valence-corrected chi connectivity index (χ1v) is 6.15. The van der Waals surface area contributed by atoms with Gasteiger partial charge in [-0.1, -0.05) is 0 Å². The molecule has 0 fully saturated rings. The lowest BCUT2D eigenvalue weighted by molar-refractivity contribution is -0.386. The van der Waals surface area contributed by atoms with Crippen LogP contribution in [0.15, 0.2) is 18.2 Å². The molecule has 0 radical (unpaired) electrons. The predicted molar refractivity (Wildman–Crippen MR) is 73.8 cm³/mol. The molecule has 1 aromatic carbocycles. The zero-order valence-corrected chi connectivity index (χ0v) is 11.7. The van der Waals surface area contributed by atoms with E-state index in [1.807, 2.05) is 32.7 Å². The summed E-state index contributed by atoms with van der Waals surface area (Å²) in [5, 5.41) is 20.1. The topological polar surface area (TPSA) is 75.8 Å². The lowest BCUT2D eigenvalue weighted by Gasteiger charge is -2.25. The third-order valence-corrected chi connectivity index (χ3v) is 2.84. The number of aliphatic hydroxyl groups excluding tert-OH is 1. The summed E-state index contributed by atoms with van der Waals surface area (Å²) in [7, 11) is 1.82. The molecule has 6 nitrogen and oxygen atoms in total. The highest BCUT2D eigenvalue weighted by atomic mass is 16.6. The minimum Gasteiger partial charge on any atom is -0.484 e. The average Bonchev–Trinajstić information content (AvgIpc) is 2.35. The van der Waals surface area contributed by atoms with E-state index in [9.17, 15) is 10.1 Å². The Morgan fingerprint density at radius 3 is 2.53 bits per heavy atom. The van der Waals surface area contributed by atoms with Crippen molar-refractivity contribution < 1.29 is 14.8 Å². The van der Waals surface area contributed by atoms with Crippen LogP contribution >= 0.6 is 0 Å². The molecule has 1 rings (SSSR count). The zero-order chi connectivity index (χ0) is 14.6. The monoisotopic (exact) mass is 268 g/mol. The van der Waals surface area contributed by atoms with E-state index in [1.165, 1.54) is 6.07 Å². The molecule has 0 amide bonds. The molecule has 0 spiro atoms. The van der Waals surface area contributed by atoms with Crippen LogP contribution in [0.1, 0.15) is 20.8 Å². The summed E-state index contributed by atoms with van der Waals surface area (Å²) in [6, 6.07) is 4.63. The standard InChI is InChI=1S/C13H20N2O4/c1-9(2)19-13-7-11(14(4)10(3)8-16)5-6-12(13)15(17)18/h5-7,9-10,16H,8H2,1-4H3. The van der Waals surface area contributed by atoms with E-state index in [0.717, 1.165) is 5.69 Å². The van der Waals surface area contributed by atoms with Crippen molar-refractivity contribution in [2.24, 2.45) is 0 Å². The van der Waals surface area contributed by atoms with Gasteiger partial charge in [-0.25, -0.2) is 0 Å². The first kappa shape index (κ1) is 15.2. The highest BCUT2D eigenvalue weighted by Crippen LogP contribution is 2.32. The number of aliphatic hydroxyl groups is 1. The van der Waals surface area contributed by atoms with Gasteiger partial charge in [0.05, 0.1) is 17.6 Å². The molecule has 1 unspecified atom stereocenters. The van der Waals surface area contributed by atoms with Gasteiger partial charge in [0.2, 0.25) is 0 Å². The van der Waals surface area contributed by atoms with Gasteiger partial charge in [0.1, 0.15) is 0 Å². The van der Waals surface area contributed by atoms with Crippen molar-refractivity contribution >= 4 is 11.4 Å². The van der Waals surface area contributed by atoms with Crippen molar-refractivity contribution in [1.29, 1.82) is 0 Å². The molecule has 0 heterocycles. The van der Waals surface area contributed by atoms with Gasteiger partial charge in [-0.05, 0) is 26.8 Å². The first-order valence-electron chi connectivity index (χ1n) is 6.15. The lowest BCUT2D eigenvalue weighted by atomic mass is 10.2. The van der Waals surface area contributed by atoms with Gasteiger partial charge in [-0.3, -0.25) is 10.1 Å². The van der Waals surface area contributed by atoms with E-state index in [-0.39, 0.29) is 30.2 Å². The van der Waals surface area contributed by atoms with Gasteiger partial charge in [0.25, 0.3) is 0 Å². The smallest absolute Gasteiger partial charge is 0.311 e. The van der Waals surface area contributed by atoms with Crippen molar-refractivity contribution in [3.05, 3.63) is 28.3 Å². The Balaban J connectivity index is 3.14. The minimum atomic E-state index is -0.461. The molecular weight excluding hydrogens is 248 g/mol. The summed E-state index contributed by atoms with van der Waals surface area (Å²) in [5.41, 5.74) is 0.713. The summed E-state index contributed by atoms with van der Waals surface area (Å²) in [5.74, 6) is 0.245. The molecule has 0 aliphatic rings. The second-order valence-corrected chi connectivity index (χ2v) is 4.72. The van der Waals surface area contributed by atoms with Crippen molar-refractivity contribution in [1.82, 2.24) is 0 Å². The Morgan fingerprint density at radius 2 is 2.05 bits per heavy atom. The van der Waals surface area contributed by atoms with Crippen molar-refractivity contribution in [2.75, 3.05) is 18.6 Å². The van der Waals surface area contributed by atoms with Gasteiger partial charge in [0, 0.05) is 30.9 Å². The minimum absolute atomic E-state index is 0.00780. The van der Waals surface area contributed by atoms with Crippen LogP contribution in [0, 0.1) is 10.1 Å². The molecule has 0 aliphatic carbocycles. The second kappa shape index (κ2) is 6.38. The molecule has 0 aromatic heterocycles. The van der Waals surface area contributed by atoms with Gasteiger partial charge in [-0.2, -0.15) is 0 Å². The van der Waals surface area contributed by atoms with Gasteiger partial charge >= 0.3 is 5.69 Å². The summed E-state index contributed by atoms with van der Waals surface area (Å²) in [6.45, 7) is 5.51. The highest BCUT2D eigenvalue weighted by molar-refractivity contribution is 5.59. The Hall–Kier alpha value is -1.82. The number of likely N-dealkylation sites (N-methyl/N-ethyl adjacent to an activating group) is 1. The number of hydrogen-bond acceptors (Lipinski definition) is 5. The number of benzene rings is 1. The Morgan fingerprint density at radius 1 is 1.42 bits per heavy atom. The number of anilines is 1. The third-order valence-electron chi connectivity index (χ3n) is 2.84. The maximum atomic E-state index is 10.9. The Kier molecular flexibility index (Phi) is 5.11. The molecule has 1 atom stereocenters. The molecule has 1 aromatic rings. The Bertz CT molecular complexity index is 448. The third kappa shape index (κ3) is 3.82. The summed E-state index contributed by atoms with van der Waals surface area (Å²) < 4.78 is 5.48. The molecule has 0 bridgehead atoms. The van der Waals surface area contributed by atoms with Crippen LogP contribution in [0.2, 0.25) is 0 Å². The summed E-state index contributed by atoms with van der Waals surface area (Å²) >= 11 is 0. The van der Waals surface area contributed by atoms with Gasteiger partial charge < -0.3 is 14.7 Å². The van der Waals surface area contributed by atoms with Crippen LogP contribution in [-0.2, 0) is 0 Å². The first-order chi connectivity index (χ1) is 8.86.